The lowest BCUT2D eigenvalue weighted by atomic mass is 10.2. The number of carbonyl (C=O) groups excluding carboxylic acids is 1. The lowest BCUT2D eigenvalue weighted by Crippen LogP contribution is -2.38. The predicted octanol–water partition coefficient (Wildman–Crippen LogP) is 1.45. The van der Waals surface area contributed by atoms with E-state index >= 15 is 0 Å². The molecule has 0 N–H and O–H groups in total. The number of hydrogen-bond donors (Lipinski definition) is 0. The summed E-state index contributed by atoms with van der Waals surface area (Å²) in [5, 5.41) is 0. The lowest BCUT2D eigenvalue weighted by molar-refractivity contribution is -0.129. The van der Waals surface area contributed by atoms with Crippen molar-refractivity contribution < 1.29 is 13.2 Å². The standard InChI is InChI=1S/C13H26N2O3S/c1-3-4-9-14(2)13(16)8-12-19(17,18)15-10-6-5-7-11-15/h3-12H2,1-2H3. The summed E-state index contributed by atoms with van der Waals surface area (Å²) in [7, 11) is -1.51. The lowest BCUT2D eigenvalue weighted by Gasteiger charge is -2.26. The minimum absolute atomic E-state index is 0.0533. The average Bonchev–Trinajstić information content (AvgIpc) is 2.43. The molecule has 0 aromatic heterocycles. The number of nitrogens with zero attached hydrogens (tertiary/aromatic N) is 2. The smallest absolute Gasteiger partial charge is 0.223 e. The van der Waals surface area contributed by atoms with Gasteiger partial charge in [-0.15, -0.1) is 0 Å². The van der Waals surface area contributed by atoms with Crippen LogP contribution in [0.3, 0.4) is 0 Å². The topological polar surface area (TPSA) is 57.7 Å². The van der Waals surface area contributed by atoms with Crippen LogP contribution in [0.5, 0.6) is 0 Å². The van der Waals surface area contributed by atoms with Gasteiger partial charge in [0, 0.05) is 33.1 Å². The first-order chi connectivity index (χ1) is 8.97. The molecule has 0 radical (unpaired) electrons. The van der Waals surface area contributed by atoms with Crippen LogP contribution in [0.2, 0.25) is 0 Å². The van der Waals surface area contributed by atoms with Crippen molar-refractivity contribution in [2.75, 3.05) is 32.4 Å². The van der Waals surface area contributed by atoms with Crippen LogP contribution in [0.15, 0.2) is 0 Å². The Hall–Kier alpha value is -0.620. The van der Waals surface area contributed by atoms with E-state index in [2.05, 4.69) is 6.92 Å². The highest BCUT2D eigenvalue weighted by atomic mass is 32.2. The molecular weight excluding hydrogens is 264 g/mol. The number of amides is 1. The number of sulfonamides is 1. The van der Waals surface area contributed by atoms with Gasteiger partial charge < -0.3 is 4.90 Å². The van der Waals surface area contributed by atoms with Crippen LogP contribution in [0.1, 0.15) is 45.4 Å². The summed E-state index contributed by atoms with van der Waals surface area (Å²) in [6.45, 7) is 4.00. The van der Waals surface area contributed by atoms with Crippen molar-refractivity contribution in [3.05, 3.63) is 0 Å². The third-order valence-electron chi connectivity index (χ3n) is 3.56. The third-order valence-corrected chi connectivity index (χ3v) is 5.43. The SMILES string of the molecule is CCCCN(C)C(=O)CCS(=O)(=O)N1CCCCC1. The summed E-state index contributed by atoms with van der Waals surface area (Å²) in [6.07, 6.45) is 5.06. The summed E-state index contributed by atoms with van der Waals surface area (Å²) in [6, 6.07) is 0. The Morgan fingerprint density at radius 1 is 1.21 bits per heavy atom. The predicted molar refractivity (Wildman–Crippen MR) is 76.4 cm³/mol. The van der Waals surface area contributed by atoms with Crippen molar-refractivity contribution in [3.8, 4) is 0 Å². The zero-order chi connectivity index (χ0) is 14.3. The molecule has 112 valence electrons. The van der Waals surface area contributed by atoms with Gasteiger partial charge in [-0.1, -0.05) is 19.8 Å². The van der Waals surface area contributed by atoms with E-state index in [-0.39, 0.29) is 18.1 Å². The molecule has 0 unspecified atom stereocenters. The molecule has 1 saturated heterocycles. The number of hydrogen-bond acceptors (Lipinski definition) is 3. The molecule has 0 saturated carbocycles. The van der Waals surface area contributed by atoms with Crippen LogP contribution in [-0.4, -0.2) is 56.0 Å². The normalized spacial score (nSPS) is 17.4. The largest absolute Gasteiger partial charge is 0.346 e. The maximum atomic E-state index is 12.1. The van der Waals surface area contributed by atoms with Crippen LogP contribution in [-0.2, 0) is 14.8 Å². The number of unbranched alkanes of at least 4 members (excludes halogenated alkanes) is 1. The van der Waals surface area contributed by atoms with Crippen LogP contribution < -0.4 is 0 Å². The van der Waals surface area contributed by atoms with E-state index in [1.807, 2.05) is 0 Å². The molecule has 1 aliphatic rings. The van der Waals surface area contributed by atoms with Crippen LogP contribution in [0, 0.1) is 0 Å². The Morgan fingerprint density at radius 3 is 2.42 bits per heavy atom. The minimum Gasteiger partial charge on any atom is -0.346 e. The average molecular weight is 290 g/mol. The molecule has 1 heterocycles. The van der Waals surface area contributed by atoms with E-state index in [4.69, 9.17) is 0 Å². The molecular formula is C13H26N2O3S. The Balaban J connectivity index is 2.39. The maximum Gasteiger partial charge on any atom is 0.223 e. The minimum atomic E-state index is -3.25. The molecule has 0 bridgehead atoms. The molecule has 0 spiro atoms. The second-order valence-electron chi connectivity index (χ2n) is 5.19. The van der Waals surface area contributed by atoms with Crippen molar-refractivity contribution in [2.45, 2.75) is 45.4 Å². The van der Waals surface area contributed by atoms with Gasteiger partial charge in [0.1, 0.15) is 0 Å². The molecule has 5 nitrogen and oxygen atoms in total. The van der Waals surface area contributed by atoms with E-state index in [0.29, 0.717) is 19.6 Å². The molecule has 19 heavy (non-hydrogen) atoms. The third kappa shape index (κ3) is 5.48. The molecule has 1 aliphatic heterocycles. The van der Waals surface area contributed by atoms with Gasteiger partial charge in [0.25, 0.3) is 0 Å². The monoisotopic (exact) mass is 290 g/mol. The zero-order valence-corrected chi connectivity index (χ0v) is 12.9. The van der Waals surface area contributed by atoms with Crippen molar-refractivity contribution in [1.82, 2.24) is 9.21 Å². The molecule has 1 rings (SSSR count). The van der Waals surface area contributed by atoms with E-state index in [1.165, 1.54) is 4.31 Å². The summed E-state index contributed by atoms with van der Waals surface area (Å²) in [5.74, 6) is -0.128. The summed E-state index contributed by atoms with van der Waals surface area (Å²) >= 11 is 0. The second kappa shape index (κ2) is 7.85. The molecule has 0 atom stereocenters. The molecule has 0 aromatic carbocycles. The summed E-state index contributed by atoms with van der Waals surface area (Å²) in [5.41, 5.74) is 0. The molecule has 1 amide bonds. The Morgan fingerprint density at radius 2 is 1.84 bits per heavy atom. The molecule has 0 aromatic rings. The van der Waals surface area contributed by atoms with Gasteiger partial charge in [0.05, 0.1) is 5.75 Å². The molecule has 6 heteroatoms. The van der Waals surface area contributed by atoms with Gasteiger partial charge in [-0.05, 0) is 19.3 Å². The van der Waals surface area contributed by atoms with Crippen molar-refractivity contribution in [2.24, 2.45) is 0 Å². The summed E-state index contributed by atoms with van der Waals surface area (Å²) < 4.78 is 25.7. The fraction of sp³-hybridized carbons (Fsp3) is 0.923. The van der Waals surface area contributed by atoms with Crippen molar-refractivity contribution >= 4 is 15.9 Å². The number of rotatable bonds is 7. The zero-order valence-electron chi connectivity index (χ0n) is 12.1. The quantitative estimate of drug-likeness (QED) is 0.713. The van der Waals surface area contributed by atoms with E-state index in [9.17, 15) is 13.2 Å². The first kappa shape index (κ1) is 16.4. The van der Waals surface area contributed by atoms with E-state index in [1.54, 1.807) is 11.9 Å². The van der Waals surface area contributed by atoms with Gasteiger partial charge in [-0.25, -0.2) is 12.7 Å². The highest BCUT2D eigenvalue weighted by Gasteiger charge is 2.24. The molecule has 1 fully saturated rings. The summed E-state index contributed by atoms with van der Waals surface area (Å²) in [4.78, 5) is 13.5. The first-order valence-corrected chi connectivity index (χ1v) is 8.80. The van der Waals surface area contributed by atoms with Crippen LogP contribution in [0.25, 0.3) is 0 Å². The number of carbonyl (C=O) groups is 1. The van der Waals surface area contributed by atoms with Gasteiger partial charge >= 0.3 is 0 Å². The Labute approximate surface area is 117 Å². The second-order valence-corrected chi connectivity index (χ2v) is 7.28. The van der Waals surface area contributed by atoms with Gasteiger partial charge in [-0.3, -0.25) is 4.79 Å². The van der Waals surface area contributed by atoms with E-state index in [0.717, 1.165) is 32.1 Å². The van der Waals surface area contributed by atoms with Crippen LogP contribution >= 0.6 is 0 Å². The maximum absolute atomic E-state index is 12.1. The van der Waals surface area contributed by atoms with Crippen LogP contribution in [0.4, 0.5) is 0 Å². The van der Waals surface area contributed by atoms with Crippen molar-refractivity contribution in [3.63, 3.8) is 0 Å². The fourth-order valence-electron chi connectivity index (χ4n) is 2.20. The van der Waals surface area contributed by atoms with Gasteiger partial charge in [0.2, 0.25) is 15.9 Å². The highest BCUT2D eigenvalue weighted by molar-refractivity contribution is 7.89. The Bertz CT molecular complexity index is 375. The fourth-order valence-corrected chi connectivity index (χ4v) is 3.70. The van der Waals surface area contributed by atoms with Gasteiger partial charge in [0.15, 0.2) is 0 Å². The molecule has 0 aliphatic carbocycles. The van der Waals surface area contributed by atoms with E-state index < -0.39 is 10.0 Å². The van der Waals surface area contributed by atoms with Gasteiger partial charge in [-0.2, -0.15) is 0 Å². The number of piperidine rings is 1. The Kier molecular flexibility index (Phi) is 6.79. The first-order valence-electron chi connectivity index (χ1n) is 7.19. The van der Waals surface area contributed by atoms with Crippen molar-refractivity contribution in [1.29, 1.82) is 0 Å². The highest BCUT2D eigenvalue weighted by Crippen LogP contribution is 2.14.